The van der Waals surface area contributed by atoms with Crippen LogP contribution in [0.3, 0.4) is 0 Å². The number of benzene rings is 2. The molecule has 0 bridgehead atoms. The van der Waals surface area contributed by atoms with E-state index in [0.717, 1.165) is 11.1 Å². The summed E-state index contributed by atoms with van der Waals surface area (Å²) in [6, 6.07) is 7.81. The van der Waals surface area contributed by atoms with Crippen molar-refractivity contribution >= 4 is 5.69 Å². The Hall–Kier alpha value is -1.83. The number of halogens is 1. The molecule has 2 N–H and O–H groups in total. The first-order chi connectivity index (χ1) is 9.31. The zero-order valence-corrected chi connectivity index (χ0v) is 12.8. The molecule has 0 spiro atoms. The van der Waals surface area contributed by atoms with Crippen LogP contribution in [0.15, 0.2) is 24.3 Å². The van der Waals surface area contributed by atoms with Crippen LogP contribution in [0.5, 0.6) is 0 Å². The second-order valence-corrected chi connectivity index (χ2v) is 5.78. The Balaban J connectivity index is 2.60. The number of nitrogens with two attached hydrogens (primary N) is 1. The summed E-state index contributed by atoms with van der Waals surface area (Å²) in [6.07, 6.45) is 0. The average molecular weight is 271 g/mol. The summed E-state index contributed by atoms with van der Waals surface area (Å²) in [6.45, 7) is 10.3. The molecule has 0 aliphatic rings. The van der Waals surface area contributed by atoms with E-state index < -0.39 is 0 Å². The van der Waals surface area contributed by atoms with Crippen molar-refractivity contribution in [2.24, 2.45) is 0 Å². The van der Waals surface area contributed by atoms with Crippen LogP contribution in [-0.2, 0) is 0 Å². The summed E-state index contributed by atoms with van der Waals surface area (Å²) in [5.41, 5.74) is 12.9. The third kappa shape index (κ3) is 2.55. The number of hydrogen-bond donors (Lipinski definition) is 1. The van der Waals surface area contributed by atoms with E-state index in [4.69, 9.17) is 5.73 Å². The van der Waals surface area contributed by atoms with Crippen LogP contribution < -0.4 is 5.73 Å². The fourth-order valence-electron chi connectivity index (χ4n) is 3.17. The van der Waals surface area contributed by atoms with E-state index in [2.05, 4.69) is 39.8 Å². The van der Waals surface area contributed by atoms with Crippen molar-refractivity contribution in [1.82, 2.24) is 0 Å². The Morgan fingerprint density at radius 1 is 0.900 bits per heavy atom. The van der Waals surface area contributed by atoms with Crippen molar-refractivity contribution in [3.05, 3.63) is 63.5 Å². The molecule has 0 aliphatic heterocycles. The molecule has 0 aromatic heterocycles. The van der Waals surface area contributed by atoms with Crippen molar-refractivity contribution in [1.29, 1.82) is 0 Å². The number of nitrogen functional groups attached to an aromatic ring is 1. The zero-order valence-electron chi connectivity index (χ0n) is 12.8. The fourth-order valence-corrected chi connectivity index (χ4v) is 3.17. The topological polar surface area (TPSA) is 26.0 Å². The first kappa shape index (κ1) is 14.6. The Morgan fingerprint density at radius 2 is 1.40 bits per heavy atom. The Labute approximate surface area is 120 Å². The predicted octanol–water partition coefficient (Wildman–Crippen LogP) is 4.79. The smallest absolute Gasteiger partial charge is 0.146 e. The minimum Gasteiger partial charge on any atom is -0.396 e. The van der Waals surface area contributed by atoms with Gasteiger partial charge in [-0.1, -0.05) is 30.7 Å². The monoisotopic (exact) mass is 271 g/mol. The van der Waals surface area contributed by atoms with Crippen LogP contribution in [0, 0.1) is 33.5 Å². The molecule has 1 atom stereocenters. The van der Waals surface area contributed by atoms with E-state index in [1.54, 1.807) is 0 Å². The average Bonchev–Trinajstić information content (AvgIpc) is 2.32. The highest BCUT2D eigenvalue weighted by Gasteiger charge is 2.18. The number of hydrogen-bond acceptors (Lipinski definition) is 1. The first-order valence-corrected chi connectivity index (χ1v) is 6.94. The van der Waals surface area contributed by atoms with E-state index >= 15 is 0 Å². The lowest BCUT2D eigenvalue weighted by Gasteiger charge is -2.21. The summed E-state index contributed by atoms with van der Waals surface area (Å²) in [5, 5.41) is 0. The van der Waals surface area contributed by atoms with Crippen molar-refractivity contribution in [3.63, 3.8) is 0 Å². The number of rotatable bonds is 2. The van der Waals surface area contributed by atoms with Gasteiger partial charge >= 0.3 is 0 Å². The minimum atomic E-state index is -0.325. The highest BCUT2D eigenvalue weighted by molar-refractivity contribution is 5.56. The van der Waals surface area contributed by atoms with E-state index in [0.29, 0.717) is 0 Å². The summed E-state index contributed by atoms with van der Waals surface area (Å²) in [5.74, 6) is -0.237. The lowest BCUT2D eigenvalue weighted by atomic mass is 9.85. The molecule has 0 fully saturated rings. The van der Waals surface area contributed by atoms with Gasteiger partial charge < -0.3 is 5.73 Å². The van der Waals surface area contributed by atoms with Crippen LogP contribution in [0.4, 0.5) is 10.1 Å². The minimum absolute atomic E-state index is 0.0880. The van der Waals surface area contributed by atoms with Gasteiger partial charge in [-0.25, -0.2) is 4.39 Å². The predicted molar refractivity (Wildman–Crippen MR) is 83.7 cm³/mol. The van der Waals surface area contributed by atoms with Crippen LogP contribution in [0.2, 0.25) is 0 Å². The van der Waals surface area contributed by atoms with Gasteiger partial charge in [0, 0.05) is 5.92 Å². The van der Waals surface area contributed by atoms with E-state index in [1.807, 2.05) is 13.0 Å². The second-order valence-electron chi connectivity index (χ2n) is 5.78. The van der Waals surface area contributed by atoms with Gasteiger partial charge in [-0.15, -0.1) is 0 Å². The SMILES string of the molecule is Cc1cc(C)c([C@H](C)c2cc(C)cc(F)c2N)c(C)c1. The molecular weight excluding hydrogens is 249 g/mol. The third-order valence-corrected chi connectivity index (χ3v) is 3.94. The van der Waals surface area contributed by atoms with E-state index in [9.17, 15) is 4.39 Å². The van der Waals surface area contributed by atoms with Crippen LogP contribution >= 0.6 is 0 Å². The van der Waals surface area contributed by atoms with Crippen molar-refractivity contribution in [2.75, 3.05) is 5.73 Å². The maximum atomic E-state index is 13.9. The maximum Gasteiger partial charge on any atom is 0.146 e. The summed E-state index contributed by atoms with van der Waals surface area (Å²) in [7, 11) is 0. The van der Waals surface area contributed by atoms with Crippen molar-refractivity contribution in [2.45, 2.75) is 40.5 Å². The van der Waals surface area contributed by atoms with E-state index in [1.165, 1.54) is 28.3 Å². The molecule has 2 rings (SSSR count). The van der Waals surface area contributed by atoms with Gasteiger partial charge in [-0.2, -0.15) is 0 Å². The molecule has 1 nitrogen and oxygen atoms in total. The molecule has 20 heavy (non-hydrogen) atoms. The molecule has 0 aliphatic carbocycles. The largest absolute Gasteiger partial charge is 0.396 e. The third-order valence-electron chi connectivity index (χ3n) is 3.94. The van der Waals surface area contributed by atoms with Gasteiger partial charge in [-0.05, 0) is 61.6 Å². The van der Waals surface area contributed by atoms with Crippen molar-refractivity contribution in [3.8, 4) is 0 Å². The van der Waals surface area contributed by atoms with Crippen LogP contribution in [0.25, 0.3) is 0 Å². The second kappa shape index (κ2) is 5.28. The van der Waals surface area contributed by atoms with Gasteiger partial charge in [0.2, 0.25) is 0 Å². The number of aryl methyl sites for hydroxylation is 4. The van der Waals surface area contributed by atoms with Gasteiger partial charge in [0.15, 0.2) is 0 Å². The lowest BCUT2D eigenvalue weighted by molar-refractivity contribution is 0.628. The van der Waals surface area contributed by atoms with E-state index in [-0.39, 0.29) is 17.4 Å². The molecule has 0 heterocycles. The number of anilines is 1. The Morgan fingerprint density at radius 3 is 1.95 bits per heavy atom. The molecule has 0 saturated carbocycles. The molecule has 0 unspecified atom stereocenters. The highest BCUT2D eigenvalue weighted by Crippen LogP contribution is 2.34. The quantitative estimate of drug-likeness (QED) is 0.781. The Bertz CT molecular complexity index is 636. The molecule has 2 aromatic carbocycles. The van der Waals surface area contributed by atoms with Gasteiger partial charge in [0.25, 0.3) is 0 Å². The van der Waals surface area contributed by atoms with Crippen LogP contribution in [-0.4, -0.2) is 0 Å². The molecule has 2 heteroatoms. The maximum absolute atomic E-state index is 13.9. The molecule has 0 amide bonds. The summed E-state index contributed by atoms with van der Waals surface area (Å²) < 4.78 is 13.9. The lowest BCUT2D eigenvalue weighted by Crippen LogP contribution is -2.07. The summed E-state index contributed by atoms with van der Waals surface area (Å²) in [4.78, 5) is 0. The summed E-state index contributed by atoms with van der Waals surface area (Å²) >= 11 is 0. The molecule has 106 valence electrons. The highest BCUT2D eigenvalue weighted by atomic mass is 19.1. The molecule has 0 saturated heterocycles. The zero-order chi connectivity index (χ0) is 15.0. The normalized spacial score (nSPS) is 12.5. The van der Waals surface area contributed by atoms with Gasteiger partial charge in [-0.3, -0.25) is 0 Å². The standard InChI is InChI=1S/C18H22FN/c1-10-6-12(3)17(13(4)7-10)14(5)15-8-11(2)9-16(19)18(15)20/h6-9,14H,20H2,1-5H3/t14-/m1/s1. The van der Waals surface area contributed by atoms with Gasteiger partial charge in [0.05, 0.1) is 5.69 Å². The Kier molecular flexibility index (Phi) is 3.85. The fraction of sp³-hybridized carbons (Fsp3) is 0.333. The molecule has 0 radical (unpaired) electrons. The molecule has 2 aromatic rings. The van der Waals surface area contributed by atoms with Crippen LogP contribution in [0.1, 0.15) is 46.2 Å². The van der Waals surface area contributed by atoms with Gasteiger partial charge in [0.1, 0.15) is 5.82 Å². The molecular formula is C18H22FN. The first-order valence-electron chi connectivity index (χ1n) is 6.94. The van der Waals surface area contributed by atoms with Crippen molar-refractivity contribution < 1.29 is 4.39 Å².